The van der Waals surface area contributed by atoms with E-state index in [4.69, 9.17) is 11.0 Å². The van der Waals surface area contributed by atoms with E-state index < -0.39 is 0 Å². The minimum absolute atomic E-state index is 0.0436. The quantitative estimate of drug-likeness (QED) is 0.772. The summed E-state index contributed by atoms with van der Waals surface area (Å²) in [6, 6.07) is 7.55. The van der Waals surface area contributed by atoms with Gasteiger partial charge in [0.1, 0.15) is 5.01 Å². The molecule has 0 saturated heterocycles. The van der Waals surface area contributed by atoms with Gasteiger partial charge in [-0.25, -0.2) is 4.98 Å². The Bertz CT molecular complexity index is 508. The maximum absolute atomic E-state index is 8.71. The summed E-state index contributed by atoms with van der Waals surface area (Å²) in [5, 5.41) is 9.63. The summed E-state index contributed by atoms with van der Waals surface area (Å²) >= 11 is 1.58. The summed E-state index contributed by atoms with van der Waals surface area (Å²) in [6.45, 7) is 1.91. The van der Waals surface area contributed by atoms with Gasteiger partial charge in [-0.15, -0.1) is 11.3 Å². The van der Waals surface area contributed by atoms with E-state index in [0.717, 1.165) is 15.2 Å². The van der Waals surface area contributed by atoms with Crippen molar-refractivity contribution in [3.05, 3.63) is 28.8 Å². The molecule has 1 aromatic heterocycles. The summed E-state index contributed by atoms with van der Waals surface area (Å²) in [5.74, 6) is 0. The molecule has 0 aliphatic heterocycles. The molecule has 0 aliphatic rings. The van der Waals surface area contributed by atoms with Gasteiger partial charge >= 0.3 is 0 Å². The summed E-state index contributed by atoms with van der Waals surface area (Å²) in [5.41, 5.74) is 7.23. The maximum atomic E-state index is 8.71. The molecule has 4 heteroatoms. The van der Waals surface area contributed by atoms with Gasteiger partial charge in [-0.05, 0) is 25.1 Å². The molecule has 2 N–H and O–H groups in total. The second-order valence-electron chi connectivity index (χ2n) is 3.14. The summed E-state index contributed by atoms with van der Waals surface area (Å²) in [6.07, 6.45) is 0. The lowest BCUT2D eigenvalue weighted by molar-refractivity contribution is 0.810. The zero-order valence-electron chi connectivity index (χ0n) is 7.69. The average Bonchev–Trinajstić information content (AvgIpc) is 2.59. The van der Waals surface area contributed by atoms with Gasteiger partial charge in [0.15, 0.2) is 0 Å². The molecule has 0 radical (unpaired) electrons. The van der Waals surface area contributed by atoms with Crippen molar-refractivity contribution in [1.29, 1.82) is 5.26 Å². The van der Waals surface area contributed by atoms with Crippen LogP contribution in [0, 0.1) is 11.3 Å². The predicted molar refractivity (Wildman–Crippen MR) is 56.9 cm³/mol. The van der Waals surface area contributed by atoms with Crippen molar-refractivity contribution in [2.45, 2.75) is 13.0 Å². The van der Waals surface area contributed by atoms with Crippen LogP contribution in [-0.4, -0.2) is 4.98 Å². The van der Waals surface area contributed by atoms with E-state index >= 15 is 0 Å². The molecule has 1 atom stereocenters. The Kier molecular flexibility index (Phi) is 2.20. The first-order chi connectivity index (χ1) is 6.70. The van der Waals surface area contributed by atoms with Crippen LogP contribution < -0.4 is 5.73 Å². The van der Waals surface area contributed by atoms with Gasteiger partial charge in [-0.1, -0.05) is 0 Å². The first-order valence-electron chi connectivity index (χ1n) is 4.27. The molecule has 0 saturated carbocycles. The van der Waals surface area contributed by atoms with E-state index in [0.29, 0.717) is 5.56 Å². The van der Waals surface area contributed by atoms with Gasteiger partial charge in [0.25, 0.3) is 0 Å². The van der Waals surface area contributed by atoms with Gasteiger partial charge in [-0.2, -0.15) is 5.26 Å². The monoisotopic (exact) mass is 203 g/mol. The molecule has 3 nitrogen and oxygen atoms in total. The Hall–Kier alpha value is -1.44. The molecule has 0 fully saturated rings. The van der Waals surface area contributed by atoms with Crippen molar-refractivity contribution >= 4 is 21.6 Å². The van der Waals surface area contributed by atoms with Crippen molar-refractivity contribution in [3.8, 4) is 6.07 Å². The zero-order valence-corrected chi connectivity index (χ0v) is 8.51. The van der Waals surface area contributed by atoms with Crippen LogP contribution in [0.4, 0.5) is 0 Å². The first kappa shape index (κ1) is 9.13. The fourth-order valence-electron chi connectivity index (χ4n) is 1.21. The largest absolute Gasteiger partial charge is 0.322 e. The minimum atomic E-state index is -0.0436. The number of nitrogens with zero attached hydrogens (tertiary/aromatic N) is 2. The Morgan fingerprint density at radius 2 is 2.36 bits per heavy atom. The zero-order chi connectivity index (χ0) is 10.1. The summed E-state index contributed by atoms with van der Waals surface area (Å²) in [4.78, 5) is 4.36. The molecule has 1 aromatic carbocycles. The number of thiazole rings is 1. The molecule has 70 valence electrons. The average molecular weight is 203 g/mol. The van der Waals surface area contributed by atoms with E-state index in [2.05, 4.69) is 11.1 Å². The predicted octanol–water partition coefficient (Wildman–Crippen LogP) is 2.19. The van der Waals surface area contributed by atoms with Crippen molar-refractivity contribution in [1.82, 2.24) is 4.98 Å². The van der Waals surface area contributed by atoms with E-state index in [1.54, 1.807) is 23.5 Å². The number of hydrogen-bond donors (Lipinski definition) is 1. The van der Waals surface area contributed by atoms with Crippen molar-refractivity contribution in [3.63, 3.8) is 0 Å². The van der Waals surface area contributed by atoms with Crippen LogP contribution in [0.1, 0.15) is 23.5 Å². The number of hydrogen-bond acceptors (Lipinski definition) is 4. The Morgan fingerprint density at radius 1 is 1.57 bits per heavy atom. The van der Waals surface area contributed by atoms with Crippen LogP contribution in [-0.2, 0) is 0 Å². The number of rotatable bonds is 1. The molecule has 2 rings (SSSR count). The van der Waals surface area contributed by atoms with Gasteiger partial charge in [0.05, 0.1) is 27.9 Å². The highest BCUT2D eigenvalue weighted by Crippen LogP contribution is 2.25. The number of benzene rings is 1. The third-order valence-electron chi connectivity index (χ3n) is 1.92. The number of aromatic nitrogens is 1. The van der Waals surface area contributed by atoms with Crippen LogP contribution in [0.2, 0.25) is 0 Å². The lowest BCUT2D eigenvalue weighted by atomic mass is 10.2. The number of fused-ring (bicyclic) bond motifs is 1. The molecular weight excluding hydrogens is 194 g/mol. The maximum Gasteiger partial charge on any atom is 0.110 e. The van der Waals surface area contributed by atoms with E-state index in [1.165, 1.54) is 0 Å². The number of nitrogens with two attached hydrogens (primary N) is 1. The van der Waals surface area contributed by atoms with Crippen molar-refractivity contribution in [2.24, 2.45) is 5.73 Å². The van der Waals surface area contributed by atoms with E-state index in [1.807, 2.05) is 13.0 Å². The lowest BCUT2D eigenvalue weighted by Gasteiger charge is -1.95. The van der Waals surface area contributed by atoms with E-state index in [9.17, 15) is 0 Å². The van der Waals surface area contributed by atoms with E-state index in [-0.39, 0.29) is 6.04 Å². The highest BCUT2D eigenvalue weighted by molar-refractivity contribution is 7.18. The molecule has 2 aromatic rings. The highest BCUT2D eigenvalue weighted by atomic mass is 32.1. The van der Waals surface area contributed by atoms with Gasteiger partial charge in [-0.3, -0.25) is 0 Å². The Labute approximate surface area is 85.8 Å². The third-order valence-corrected chi connectivity index (χ3v) is 3.16. The molecule has 0 amide bonds. The molecule has 1 heterocycles. The summed E-state index contributed by atoms with van der Waals surface area (Å²) in [7, 11) is 0. The summed E-state index contributed by atoms with van der Waals surface area (Å²) < 4.78 is 1.08. The first-order valence-corrected chi connectivity index (χ1v) is 5.08. The Balaban J connectivity index is 2.61. The van der Waals surface area contributed by atoms with Crippen LogP contribution in [0.25, 0.3) is 10.2 Å². The topological polar surface area (TPSA) is 62.7 Å². The van der Waals surface area contributed by atoms with Gasteiger partial charge in [0.2, 0.25) is 0 Å². The smallest absolute Gasteiger partial charge is 0.110 e. The third kappa shape index (κ3) is 1.48. The van der Waals surface area contributed by atoms with Crippen molar-refractivity contribution in [2.75, 3.05) is 0 Å². The van der Waals surface area contributed by atoms with Crippen LogP contribution in [0.5, 0.6) is 0 Å². The van der Waals surface area contributed by atoms with Gasteiger partial charge in [0, 0.05) is 0 Å². The molecule has 0 aliphatic carbocycles. The molecular formula is C10H9N3S. The lowest BCUT2D eigenvalue weighted by Crippen LogP contribution is -2.03. The highest BCUT2D eigenvalue weighted by Gasteiger charge is 2.07. The second kappa shape index (κ2) is 3.37. The van der Waals surface area contributed by atoms with Crippen LogP contribution >= 0.6 is 11.3 Å². The SMILES string of the molecule is CC(N)c1nc2cc(C#N)ccc2s1. The second-order valence-corrected chi connectivity index (χ2v) is 4.20. The number of nitriles is 1. The van der Waals surface area contributed by atoms with Crippen LogP contribution in [0.3, 0.4) is 0 Å². The molecule has 0 spiro atoms. The normalized spacial score (nSPS) is 12.6. The molecule has 1 unspecified atom stereocenters. The molecule has 0 bridgehead atoms. The fourth-order valence-corrected chi connectivity index (χ4v) is 2.11. The standard InChI is InChI=1S/C10H9N3S/c1-6(12)10-13-8-4-7(5-11)2-3-9(8)14-10/h2-4,6H,12H2,1H3. The van der Waals surface area contributed by atoms with Crippen molar-refractivity contribution < 1.29 is 0 Å². The van der Waals surface area contributed by atoms with Gasteiger partial charge < -0.3 is 5.73 Å². The fraction of sp³-hybridized carbons (Fsp3) is 0.200. The van der Waals surface area contributed by atoms with Crippen LogP contribution in [0.15, 0.2) is 18.2 Å². The molecule has 14 heavy (non-hydrogen) atoms. The Morgan fingerprint density at radius 3 is 3.00 bits per heavy atom. The minimum Gasteiger partial charge on any atom is -0.322 e.